The van der Waals surface area contributed by atoms with E-state index in [1.807, 2.05) is 6.07 Å². The number of nitriles is 1. The predicted octanol–water partition coefficient (Wildman–Crippen LogP) is 1.68. The second-order valence-corrected chi connectivity index (χ2v) is 4.69. The van der Waals surface area contributed by atoms with Gasteiger partial charge in [0.25, 0.3) is 5.91 Å². The van der Waals surface area contributed by atoms with Crippen LogP contribution in [0.25, 0.3) is 0 Å². The van der Waals surface area contributed by atoms with Crippen LogP contribution in [-0.2, 0) is 4.79 Å². The Bertz CT molecular complexity index is 478. The summed E-state index contributed by atoms with van der Waals surface area (Å²) >= 11 is 0. The van der Waals surface area contributed by atoms with E-state index in [1.165, 1.54) is 6.07 Å². The van der Waals surface area contributed by atoms with Gasteiger partial charge in [-0.3, -0.25) is 4.79 Å². The van der Waals surface area contributed by atoms with Crippen LogP contribution in [0.15, 0.2) is 18.2 Å². The zero-order chi connectivity index (χ0) is 14.3. The monoisotopic (exact) mass is 261 g/mol. The Balaban J connectivity index is 2.44. The zero-order valence-corrected chi connectivity index (χ0v) is 11.3. The summed E-state index contributed by atoms with van der Waals surface area (Å²) in [6, 6.07) is 6.73. The van der Waals surface area contributed by atoms with Crippen molar-refractivity contribution in [1.29, 1.82) is 5.26 Å². The average molecular weight is 261 g/mol. The third-order valence-electron chi connectivity index (χ3n) is 2.53. The van der Waals surface area contributed by atoms with Crippen molar-refractivity contribution in [3.63, 3.8) is 0 Å². The fourth-order valence-electron chi connectivity index (χ4n) is 1.46. The summed E-state index contributed by atoms with van der Waals surface area (Å²) < 4.78 is 5.31. The number of nitrogens with zero attached hydrogens (tertiary/aromatic N) is 1. The lowest BCUT2D eigenvalue weighted by atomic mass is 10.1. The van der Waals surface area contributed by atoms with Crippen molar-refractivity contribution >= 4 is 11.6 Å². The summed E-state index contributed by atoms with van der Waals surface area (Å²) in [5, 5.41) is 11.7. The Hall–Kier alpha value is -2.22. The van der Waals surface area contributed by atoms with Crippen LogP contribution in [0.3, 0.4) is 0 Å². The van der Waals surface area contributed by atoms with Gasteiger partial charge >= 0.3 is 0 Å². The lowest BCUT2D eigenvalue weighted by Crippen LogP contribution is -2.30. The summed E-state index contributed by atoms with van der Waals surface area (Å²) in [6.07, 6.45) is 0.928. The summed E-state index contributed by atoms with van der Waals surface area (Å²) in [4.78, 5) is 11.5. The van der Waals surface area contributed by atoms with E-state index in [-0.39, 0.29) is 12.5 Å². The first-order chi connectivity index (χ1) is 9.02. The van der Waals surface area contributed by atoms with E-state index in [0.717, 1.165) is 6.42 Å². The molecule has 0 saturated heterocycles. The van der Waals surface area contributed by atoms with Crippen molar-refractivity contribution in [2.24, 2.45) is 5.92 Å². The number of benzene rings is 1. The molecule has 0 aromatic heterocycles. The molecule has 5 nitrogen and oxygen atoms in total. The molecule has 3 N–H and O–H groups in total. The van der Waals surface area contributed by atoms with E-state index in [0.29, 0.717) is 29.5 Å². The number of carbonyl (C=O) groups is 1. The number of hydrogen-bond donors (Lipinski definition) is 2. The highest BCUT2D eigenvalue weighted by molar-refractivity contribution is 5.77. The van der Waals surface area contributed by atoms with Gasteiger partial charge in [0, 0.05) is 12.2 Å². The highest BCUT2D eigenvalue weighted by Crippen LogP contribution is 2.20. The third-order valence-corrected chi connectivity index (χ3v) is 2.53. The van der Waals surface area contributed by atoms with Crippen molar-refractivity contribution in [3.05, 3.63) is 23.8 Å². The molecule has 0 aliphatic rings. The van der Waals surface area contributed by atoms with Gasteiger partial charge < -0.3 is 15.8 Å². The number of carbonyl (C=O) groups excluding carboxylic acids is 1. The van der Waals surface area contributed by atoms with Crippen LogP contribution in [0.1, 0.15) is 25.8 Å². The molecule has 19 heavy (non-hydrogen) atoms. The molecule has 0 aliphatic carbocycles. The van der Waals surface area contributed by atoms with E-state index < -0.39 is 0 Å². The normalized spacial score (nSPS) is 10.0. The van der Waals surface area contributed by atoms with Crippen molar-refractivity contribution in [2.75, 3.05) is 18.9 Å². The fraction of sp³-hybridized carbons (Fsp3) is 0.429. The lowest BCUT2D eigenvalue weighted by Gasteiger charge is -2.09. The van der Waals surface area contributed by atoms with Gasteiger partial charge in [0.15, 0.2) is 6.61 Å². The maximum absolute atomic E-state index is 11.5. The molecule has 102 valence electrons. The minimum absolute atomic E-state index is 0.101. The van der Waals surface area contributed by atoms with Gasteiger partial charge in [-0.25, -0.2) is 0 Å². The van der Waals surface area contributed by atoms with E-state index in [4.69, 9.17) is 15.7 Å². The van der Waals surface area contributed by atoms with Crippen LogP contribution >= 0.6 is 0 Å². The highest BCUT2D eigenvalue weighted by atomic mass is 16.5. The largest absolute Gasteiger partial charge is 0.482 e. The van der Waals surface area contributed by atoms with Crippen LogP contribution in [-0.4, -0.2) is 19.1 Å². The molecule has 0 spiro atoms. The number of nitrogens with two attached hydrogens (primary N) is 1. The van der Waals surface area contributed by atoms with Crippen molar-refractivity contribution < 1.29 is 9.53 Å². The van der Waals surface area contributed by atoms with Crippen LogP contribution < -0.4 is 15.8 Å². The number of rotatable bonds is 6. The molecule has 0 bridgehead atoms. The molecule has 0 radical (unpaired) electrons. The molecule has 1 amide bonds. The summed E-state index contributed by atoms with van der Waals surface area (Å²) in [6.45, 7) is 4.72. The fourth-order valence-corrected chi connectivity index (χ4v) is 1.46. The van der Waals surface area contributed by atoms with Gasteiger partial charge in [0.1, 0.15) is 11.8 Å². The minimum Gasteiger partial charge on any atom is -0.482 e. The number of nitrogen functional groups attached to an aromatic ring is 1. The molecule has 1 rings (SSSR count). The molecule has 5 heteroatoms. The maximum Gasteiger partial charge on any atom is 0.257 e. The second kappa shape index (κ2) is 7.27. The highest BCUT2D eigenvalue weighted by Gasteiger charge is 2.07. The van der Waals surface area contributed by atoms with Crippen LogP contribution in [0.5, 0.6) is 5.75 Å². The van der Waals surface area contributed by atoms with E-state index in [9.17, 15) is 4.79 Å². The molecule has 1 aromatic carbocycles. The summed E-state index contributed by atoms with van der Waals surface area (Å²) in [5.74, 6) is 0.723. The smallest absolute Gasteiger partial charge is 0.257 e. The second-order valence-electron chi connectivity index (χ2n) is 4.69. The SMILES string of the molecule is CC(C)CCNC(=O)COc1ccc(N)cc1C#N. The summed E-state index contributed by atoms with van der Waals surface area (Å²) in [7, 11) is 0. The van der Waals surface area contributed by atoms with Gasteiger partial charge in [-0.1, -0.05) is 13.8 Å². The van der Waals surface area contributed by atoms with Crippen molar-refractivity contribution in [1.82, 2.24) is 5.32 Å². The first-order valence-corrected chi connectivity index (χ1v) is 6.22. The Morgan fingerprint density at radius 2 is 2.26 bits per heavy atom. The molecule has 0 atom stereocenters. The minimum atomic E-state index is -0.193. The Kier molecular flexibility index (Phi) is 5.68. The maximum atomic E-state index is 11.5. The van der Waals surface area contributed by atoms with Gasteiger partial charge in [-0.2, -0.15) is 5.26 Å². The molecule has 1 aromatic rings. The topological polar surface area (TPSA) is 88.1 Å². The Labute approximate surface area is 113 Å². The lowest BCUT2D eigenvalue weighted by molar-refractivity contribution is -0.123. The van der Waals surface area contributed by atoms with Gasteiger partial charge in [-0.05, 0) is 30.5 Å². The quantitative estimate of drug-likeness (QED) is 0.762. The summed E-state index contributed by atoms with van der Waals surface area (Å²) in [5.41, 5.74) is 6.39. The molecular weight excluding hydrogens is 242 g/mol. The van der Waals surface area contributed by atoms with Crippen LogP contribution in [0.2, 0.25) is 0 Å². The number of anilines is 1. The van der Waals surface area contributed by atoms with Gasteiger partial charge in [0.05, 0.1) is 5.56 Å². The number of hydrogen-bond acceptors (Lipinski definition) is 4. The molecule has 0 aliphatic heterocycles. The van der Waals surface area contributed by atoms with Crippen molar-refractivity contribution in [3.8, 4) is 11.8 Å². The molecule has 0 unspecified atom stereocenters. The van der Waals surface area contributed by atoms with E-state index in [1.54, 1.807) is 12.1 Å². The van der Waals surface area contributed by atoms with Crippen LogP contribution in [0, 0.1) is 17.2 Å². The molecule has 0 fully saturated rings. The molecular formula is C14H19N3O2. The molecule has 0 heterocycles. The first-order valence-electron chi connectivity index (χ1n) is 6.22. The first kappa shape index (κ1) is 14.8. The number of ether oxygens (including phenoxy) is 1. The van der Waals surface area contributed by atoms with E-state index >= 15 is 0 Å². The Morgan fingerprint density at radius 3 is 2.89 bits per heavy atom. The van der Waals surface area contributed by atoms with E-state index in [2.05, 4.69) is 19.2 Å². The standard InChI is InChI=1S/C14H19N3O2/c1-10(2)5-6-17-14(18)9-19-13-4-3-12(16)7-11(13)8-15/h3-4,7,10H,5-6,9,16H2,1-2H3,(H,17,18). The van der Waals surface area contributed by atoms with Crippen LogP contribution in [0.4, 0.5) is 5.69 Å². The number of amides is 1. The van der Waals surface area contributed by atoms with Gasteiger partial charge in [0.2, 0.25) is 0 Å². The Morgan fingerprint density at radius 1 is 1.53 bits per heavy atom. The van der Waals surface area contributed by atoms with Crippen molar-refractivity contribution in [2.45, 2.75) is 20.3 Å². The molecule has 0 saturated carbocycles. The number of nitrogens with one attached hydrogen (secondary N) is 1. The third kappa shape index (κ3) is 5.30. The predicted molar refractivity (Wildman–Crippen MR) is 73.5 cm³/mol. The van der Waals surface area contributed by atoms with Gasteiger partial charge in [-0.15, -0.1) is 0 Å². The average Bonchev–Trinajstić information content (AvgIpc) is 2.36. The zero-order valence-electron chi connectivity index (χ0n) is 11.3.